The number of aryl methyl sites for hydroxylation is 1. The van der Waals surface area contributed by atoms with E-state index in [1.807, 2.05) is 35.7 Å². The Balaban J connectivity index is 1.32. The van der Waals surface area contributed by atoms with E-state index in [1.165, 1.54) is 34.0 Å². The summed E-state index contributed by atoms with van der Waals surface area (Å²) in [6.07, 6.45) is 3.13. The molecule has 0 unspecified atom stereocenters. The van der Waals surface area contributed by atoms with Crippen molar-refractivity contribution < 1.29 is 17.6 Å². The second-order valence-corrected chi connectivity index (χ2v) is 11.6. The molecule has 0 bridgehead atoms. The van der Waals surface area contributed by atoms with Crippen LogP contribution < -0.4 is 5.43 Å². The predicted molar refractivity (Wildman–Crippen MR) is 146 cm³/mol. The Kier molecular flexibility index (Phi) is 7.43. The number of aromatic nitrogens is 2. The summed E-state index contributed by atoms with van der Waals surface area (Å²) in [5, 5.41) is 6.29. The Morgan fingerprint density at radius 1 is 1.13 bits per heavy atom. The summed E-state index contributed by atoms with van der Waals surface area (Å²) < 4.78 is 35.8. The van der Waals surface area contributed by atoms with E-state index in [9.17, 15) is 13.2 Å². The Morgan fingerprint density at radius 2 is 1.89 bits per heavy atom. The number of thiazole rings is 1. The fraction of sp³-hybridized carbons (Fsp3) is 0.115. The van der Waals surface area contributed by atoms with Crippen LogP contribution in [0.5, 0.6) is 0 Å². The number of fused-ring (bicyclic) bond motifs is 1. The molecule has 3 heterocycles. The number of hydrazone groups is 1. The number of nitrogens with zero attached hydrogens (tertiary/aromatic N) is 4. The maximum atomic E-state index is 13.5. The van der Waals surface area contributed by atoms with E-state index in [0.29, 0.717) is 27.9 Å². The van der Waals surface area contributed by atoms with Gasteiger partial charge in [0.25, 0.3) is 5.91 Å². The largest absolute Gasteiger partial charge is 0.459 e. The Morgan fingerprint density at radius 3 is 2.66 bits per heavy atom. The molecule has 0 aliphatic rings. The molecule has 9 nitrogen and oxygen atoms in total. The van der Waals surface area contributed by atoms with Crippen molar-refractivity contribution in [1.29, 1.82) is 0 Å². The highest BCUT2D eigenvalue weighted by molar-refractivity contribution is 7.89. The number of carbonyl (C=O) groups is 1. The Labute approximate surface area is 228 Å². The zero-order chi connectivity index (χ0) is 26.7. The van der Waals surface area contributed by atoms with E-state index in [-0.39, 0.29) is 18.0 Å². The number of halogens is 1. The molecule has 5 aromatic rings. The van der Waals surface area contributed by atoms with Gasteiger partial charge in [-0.05, 0) is 48.9 Å². The van der Waals surface area contributed by atoms with Crippen molar-refractivity contribution in [3.8, 4) is 0 Å². The molecule has 0 saturated carbocycles. The molecule has 0 fully saturated rings. The lowest BCUT2D eigenvalue weighted by molar-refractivity contribution is 0.0948. The fourth-order valence-corrected chi connectivity index (χ4v) is 6.15. The molecule has 0 atom stereocenters. The van der Waals surface area contributed by atoms with Crippen LogP contribution in [-0.4, -0.2) is 34.2 Å². The van der Waals surface area contributed by atoms with Gasteiger partial charge in [-0.15, -0.1) is 11.3 Å². The minimum absolute atomic E-state index is 0.00872. The van der Waals surface area contributed by atoms with E-state index < -0.39 is 15.9 Å². The number of rotatable bonds is 9. The number of furan rings is 1. The maximum Gasteiger partial charge on any atom is 0.290 e. The molecule has 38 heavy (non-hydrogen) atoms. The highest BCUT2D eigenvalue weighted by Gasteiger charge is 2.26. The molecule has 5 rings (SSSR count). The third-order valence-corrected chi connectivity index (χ3v) is 8.49. The van der Waals surface area contributed by atoms with Crippen LogP contribution in [0, 0.1) is 6.92 Å². The summed E-state index contributed by atoms with van der Waals surface area (Å²) in [4.78, 5) is 17.8. The van der Waals surface area contributed by atoms with Gasteiger partial charge < -0.3 is 4.42 Å². The first-order valence-electron chi connectivity index (χ1n) is 11.4. The first-order chi connectivity index (χ1) is 18.3. The van der Waals surface area contributed by atoms with Crippen LogP contribution in [0.4, 0.5) is 0 Å². The zero-order valence-corrected chi connectivity index (χ0v) is 22.5. The van der Waals surface area contributed by atoms with Crippen molar-refractivity contribution in [3.05, 3.63) is 112 Å². The summed E-state index contributed by atoms with van der Waals surface area (Å²) in [5.41, 5.74) is 4.32. The topological polar surface area (TPSA) is 109 Å². The number of sulfonamides is 1. The quantitative estimate of drug-likeness (QED) is 0.197. The van der Waals surface area contributed by atoms with Crippen LogP contribution in [0.2, 0.25) is 5.02 Å². The maximum absolute atomic E-state index is 13.5. The molecule has 0 aliphatic heterocycles. The first kappa shape index (κ1) is 25.9. The highest BCUT2D eigenvalue weighted by Crippen LogP contribution is 2.23. The van der Waals surface area contributed by atoms with Crippen molar-refractivity contribution in [1.82, 2.24) is 19.1 Å². The van der Waals surface area contributed by atoms with Gasteiger partial charge in [0.05, 0.1) is 23.3 Å². The van der Waals surface area contributed by atoms with Crippen LogP contribution in [0.1, 0.15) is 33.3 Å². The second kappa shape index (κ2) is 10.9. The third kappa shape index (κ3) is 5.55. The molecule has 1 N–H and O–H groups in total. The summed E-state index contributed by atoms with van der Waals surface area (Å²) in [6, 6.07) is 18.7. The van der Waals surface area contributed by atoms with E-state index in [1.54, 1.807) is 41.8 Å². The van der Waals surface area contributed by atoms with Gasteiger partial charge in [0.2, 0.25) is 10.0 Å². The molecular formula is C26H22ClN5O4S2. The van der Waals surface area contributed by atoms with E-state index in [4.69, 9.17) is 16.0 Å². The smallest absolute Gasteiger partial charge is 0.290 e. The third-order valence-electron chi connectivity index (χ3n) is 5.68. The highest BCUT2D eigenvalue weighted by atomic mass is 35.5. The van der Waals surface area contributed by atoms with E-state index >= 15 is 0 Å². The van der Waals surface area contributed by atoms with E-state index in [0.717, 1.165) is 10.5 Å². The van der Waals surface area contributed by atoms with Gasteiger partial charge in [-0.25, -0.2) is 18.8 Å². The van der Waals surface area contributed by atoms with Crippen molar-refractivity contribution in [2.45, 2.75) is 24.9 Å². The number of carbonyl (C=O) groups excluding carboxylic acids is 1. The SMILES string of the molecule is Cc1nc2sccn2c1C(=O)N/N=C/c1ccc(CN(Cc2ccccc2)S(=O)(=O)c2ccc(Cl)cc2)o1. The summed E-state index contributed by atoms with van der Waals surface area (Å²) in [5.74, 6) is 0.368. The first-order valence-corrected chi connectivity index (χ1v) is 14.1. The van der Waals surface area contributed by atoms with Gasteiger partial charge in [0.15, 0.2) is 4.96 Å². The van der Waals surface area contributed by atoms with Crippen LogP contribution in [-0.2, 0) is 23.1 Å². The van der Waals surface area contributed by atoms with Gasteiger partial charge in [-0.1, -0.05) is 41.9 Å². The summed E-state index contributed by atoms with van der Waals surface area (Å²) in [7, 11) is -3.86. The molecule has 0 saturated heterocycles. The molecule has 3 aromatic heterocycles. The average molecular weight is 568 g/mol. The van der Waals surface area contributed by atoms with Crippen LogP contribution in [0.25, 0.3) is 4.96 Å². The van der Waals surface area contributed by atoms with Crippen molar-refractivity contribution in [2.75, 3.05) is 0 Å². The molecule has 194 valence electrons. The lowest BCUT2D eigenvalue weighted by atomic mass is 10.2. The normalized spacial score (nSPS) is 12.1. The van der Waals surface area contributed by atoms with Crippen LogP contribution in [0.3, 0.4) is 0 Å². The number of hydrogen-bond donors (Lipinski definition) is 1. The standard InChI is InChI=1S/C26H22ClN5O4S2/c1-18-24(32-13-14-37-26(32)29-18)25(33)30-28-15-21-9-10-22(36-21)17-31(16-19-5-3-2-4-6-19)38(34,35)23-11-7-20(27)8-12-23/h2-15H,16-17H2,1H3,(H,30,33)/b28-15+. The number of benzene rings is 2. The minimum Gasteiger partial charge on any atom is -0.459 e. The number of imidazole rings is 1. The van der Waals surface area contributed by atoms with Gasteiger partial charge in [0.1, 0.15) is 17.2 Å². The minimum atomic E-state index is -3.86. The summed E-state index contributed by atoms with van der Waals surface area (Å²) in [6.45, 7) is 1.90. The number of hydrogen-bond acceptors (Lipinski definition) is 7. The fourth-order valence-electron chi connectivity index (χ4n) is 3.87. The second-order valence-electron chi connectivity index (χ2n) is 8.32. The van der Waals surface area contributed by atoms with Crippen molar-refractivity contribution in [2.24, 2.45) is 5.10 Å². The zero-order valence-electron chi connectivity index (χ0n) is 20.1. The molecule has 2 aromatic carbocycles. The van der Waals surface area contributed by atoms with Crippen LogP contribution in [0.15, 0.2) is 92.7 Å². The van der Waals surface area contributed by atoms with Crippen molar-refractivity contribution >= 4 is 50.0 Å². The molecule has 12 heteroatoms. The number of amides is 1. The molecule has 0 spiro atoms. The molecule has 1 amide bonds. The Bertz CT molecular complexity index is 1710. The predicted octanol–water partition coefficient (Wildman–Crippen LogP) is 5.11. The molecule has 0 radical (unpaired) electrons. The average Bonchev–Trinajstić information content (AvgIpc) is 3.61. The lowest BCUT2D eigenvalue weighted by Gasteiger charge is -2.21. The Hall–Kier alpha value is -3.77. The molecule has 0 aliphatic carbocycles. The van der Waals surface area contributed by atoms with Crippen molar-refractivity contribution in [3.63, 3.8) is 0 Å². The van der Waals surface area contributed by atoms with Gasteiger partial charge in [-0.3, -0.25) is 9.20 Å². The lowest BCUT2D eigenvalue weighted by Crippen LogP contribution is -2.30. The number of nitrogens with one attached hydrogen (secondary N) is 1. The van der Waals surface area contributed by atoms with Gasteiger partial charge in [-0.2, -0.15) is 9.41 Å². The molecular weight excluding hydrogens is 546 g/mol. The van der Waals surface area contributed by atoms with Crippen LogP contribution >= 0.6 is 22.9 Å². The van der Waals surface area contributed by atoms with Gasteiger partial charge >= 0.3 is 0 Å². The monoisotopic (exact) mass is 567 g/mol. The van der Waals surface area contributed by atoms with E-state index in [2.05, 4.69) is 15.5 Å². The van der Waals surface area contributed by atoms with Gasteiger partial charge in [0, 0.05) is 23.1 Å². The summed E-state index contributed by atoms with van der Waals surface area (Å²) >= 11 is 7.39.